The molecule has 30 heavy (non-hydrogen) atoms. The molecule has 4 heterocycles. The van der Waals surface area contributed by atoms with Crippen molar-refractivity contribution < 1.29 is 4.79 Å². The van der Waals surface area contributed by atoms with E-state index in [2.05, 4.69) is 49.9 Å². The lowest BCUT2D eigenvalue weighted by molar-refractivity contribution is -0.131. The predicted molar refractivity (Wildman–Crippen MR) is 122 cm³/mol. The molecule has 5 rings (SSSR count). The monoisotopic (exact) mass is 445 g/mol. The van der Waals surface area contributed by atoms with Crippen molar-refractivity contribution in [3.63, 3.8) is 0 Å². The van der Waals surface area contributed by atoms with E-state index in [1.807, 2.05) is 11.3 Å². The molecule has 1 saturated heterocycles. The topological polar surface area (TPSA) is 54.3 Å². The second kappa shape index (κ2) is 8.54. The molecule has 2 fully saturated rings. The average Bonchev–Trinajstić information content (AvgIpc) is 3.32. The zero-order valence-corrected chi connectivity index (χ0v) is 19.6. The van der Waals surface area contributed by atoms with Gasteiger partial charge in [-0.3, -0.25) is 9.36 Å². The van der Waals surface area contributed by atoms with Gasteiger partial charge in [0.15, 0.2) is 5.16 Å². The van der Waals surface area contributed by atoms with Gasteiger partial charge < -0.3 is 9.80 Å². The van der Waals surface area contributed by atoms with E-state index in [0.717, 1.165) is 49.5 Å². The molecule has 1 atom stereocenters. The lowest BCUT2D eigenvalue weighted by Crippen LogP contribution is -2.40. The number of aromatic nitrogens is 3. The number of rotatable bonds is 6. The van der Waals surface area contributed by atoms with E-state index in [4.69, 9.17) is 0 Å². The third-order valence-corrected chi connectivity index (χ3v) is 8.68. The van der Waals surface area contributed by atoms with Crippen LogP contribution >= 0.6 is 23.1 Å². The summed E-state index contributed by atoms with van der Waals surface area (Å²) < 4.78 is 2.32. The van der Waals surface area contributed by atoms with Crippen LogP contribution in [0, 0.1) is 5.92 Å². The Hall–Kier alpha value is -1.54. The Balaban J connectivity index is 1.28. The molecule has 1 aliphatic carbocycles. The fourth-order valence-electron chi connectivity index (χ4n) is 4.79. The van der Waals surface area contributed by atoms with Gasteiger partial charge in [-0.1, -0.05) is 25.6 Å². The summed E-state index contributed by atoms with van der Waals surface area (Å²) >= 11 is 3.40. The predicted octanol–water partition coefficient (Wildman–Crippen LogP) is 4.54. The molecule has 1 unspecified atom stereocenters. The van der Waals surface area contributed by atoms with Crippen LogP contribution in [0.5, 0.6) is 0 Å². The van der Waals surface area contributed by atoms with Gasteiger partial charge in [0.1, 0.15) is 0 Å². The lowest BCUT2D eigenvalue weighted by atomic mass is 9.98. The molecular weight excluding hydrogens is 414 g/mol. The second-order valence-electron chi connectivity index (χ2n) is 8.90. The van der Waals surface area contributed by atoms with E-state index >= 15 is 0 Å². The summed E-state index contributed by atoms with van der Waals surface area (Å²) in [6.07, 6.45) is 6.78. The van der Waals surface area contributed by atoms with Crippen LogP contribution in [0.1, 0.15) is 68.5 Å². The number of piperidine rings is 1. The van der Waals surface area contributed by atoms with Gasteiger partial charge in [0.05, 0.1) is 11.8 Å². The maximum Gasteiger partial charge on any atom is 0.233 e. The Bertz CT molecular complexity index is 897. The Labute approximate surface area is 187 Å². The van der Waals surface area contributed by atoms with Crippen LogP contribution in [0.3, 0.4) is 0 Å². The smallest absolute Gasteiger partial charge is 0.233 e. The van der Waals surface area contributed by atoms with Crippen molar-refractivity contribution in [2.45, 2.75) is 69.6 Å². The molecule has 0 spiro atoms. The van der Waals surface area contributed by atoms with Crippen molar-refractivity contribution in [1.82, 2.24) is 19.7 Å². The summed E-state index contributed by atoms with van der Waals surface area (Å²) in [5, 5.41) is 12.2. The van der Waals surface area contributed by atoms with Crippen LogP contribution in [0.15, 0.2) is 16.6 Å². The highest BCUT2D eigenvalue weighted by atomic mass is 32.2. The Morgan fingerprint density at radius 3 is 2.73 bits per heavy atom. The molecule has 0 N–H and O–H groups in total. The second-order valence-corrected chi connectivity index (χ2v) is 10.8. The summed E-state index contributed by atoms with van der Waals surface area (Å²) in [6, 6.07) is 2.94. The molecule has 1 saturated carbocycles. The number of nitrogens with zero attached hydrogens (tertiary/aromatic N) is 5. The third kappa shape index (κ3) is 3.88. The molecule has 6 nitrogen and oxygen atoms in total. The van der Waals surface area contributed by atoms with E-state index in [1.165, 1.54) is 36.1 Å². The molecule has 1 amide bonds. The summed E-state index contributed by atoms with van der Waals surface area (Å²) in [6.45, 7) is 7.46. The van der Waals surface area contributed by atoms with Gasteiger partial charge in [0, 0.05) is 30.6 Å². The summed E-state index contributed by atoms with van der Waals surface area (Å²) in [7, 11) is 0. The maximum absolute atomic E-state index is 13.2. The van der Waals surface area contributed by atoms with Gasteiger partial charge in [-0.25, -0.2) is 0 Å². The molecule has 0 aromatic carbocycles. The highest BCUT2D eigenvalue weighted by molar-refractivity contribution is 7.99. The fraction of sp³-hybridized carbons (Fsp3) is 0.682. The average molecular weight is 446 g/mol. The van der Waals surface area contributed by atoms with Gasteiger partial charge in [-0.05, 0) is 61.5 Å². The molecular formula is C22H31N5OS2. The van der Waals surface area contributed by atoms with Crippen LogP contribution in [-0.2, 0) is 11.2 Å². The van der Waals surface area contributed by atoms with Crippen molar-refractivity contribution in [3.8, 4) is 0 Å². The Morgan fingerprint density at radius 1 is 1.20 bits per heavy atom. The first kappa shape index (κ1) is 20.4. The molecule has 2 aliphatic heterocycles. The maximum atomic E-state index is 13.2. The number of carbonyl (C=O) groups excluding carboxylic acids is 1. The van der Waals surface area contributed by atoms with Crippen molar-refractivity contribution in [1.29, 1.82) is 0 Å². The largest absolute Gasteiger partial charge is 0.341 e. The zero-order chi connectivity index (χ0) is 20.7. The van der Waals surface area contributed by atoms with E-state index in [0.29, 0.717) is 11.8 Å². The van der Waals surface area contributed by atoms with Crippen molar-refractivity contribution in [2.75, 3.05) is 30.3 Å². The number of thiophene rings is 1. The number of carbonyl (C=O) groups is 1. The molecule has 2 aromatic rings. The van der Waals surface area contributed by atoms with Crippen LogP contribution in [0.4, 0.5) is 5.95 Å². The highest BCUT2D eigenvalue weighted by Crippen LogP contribution is 2.42. The van der Waals surface area contributed by atoms with Gasteiger partial charge in [-0.2, -0.15) is 0 Å². The van der Waals surface area contributed by atoms with Crippen molar-refractivity contribution in [3.05, 3.63) is 21.9 Å². The van der Waals surface area contributed by atoms with Crippen LogP contribution in [0.25, 0.3) is 0 Å². The first-order chi connectivity index (χ1) is 14.7. The first-order valence-corrected chi connectivity index (χ1v) is 13.2. The number of fused-ring (bicyclic) bond motifs is 1. The van der Waals surface area contributed by atoms with Gasteiger partial charge in [-0.15, -0.1) is 21.5 Å². The number of hydrogen-bond acceptors (Lipinski definition) is 6. The van der Waals surface area contributed by atoms with Crippen molar-refractivity contribution >= 4 is 35.0 Å². The third-order valence-electron chi connectivity index (χ3n) is 6.75. The fourth-order valence-corrected chi connectivity index (χ4v) is 6.60. The van der Waals surface area contributed by atoms with E-state index < -0.39 is 0 Å². The van der Waals surface area contributed by atoms with Crippen LogP contribution in [0.2, 0.25) is 0 Å². The summed E-state index contributed by atoms with van der Waals surface area (Å²) in [5.41, 5.74) is 1.36. The minimum Gasteiger partial charge on any atom is -0.341 e. The van der Waals surface area contributed by atoms with Gasteiger partial charge >= 0.3 is 0 Å². The SMILES string of the molecule is CCC1c2ccsc2CCN1C(=O)CSc1nnc(N2CCC(C)CC2)n1C1CC1. The van der Waals surface area contributed by atoms with E-state index in [9.17, 15) is 4.79 Å². The Kier molecular flexibility index (Phi) is 5.79. The van der Waals surface area contributed by atoms with Crippen LogP contribution < -0.4 is 4.90 Å². The standard InChI is InChI=1S/C22H31N5OS2/c1-3-18-17-9-13-29-19(17)8-12-26(18)20(28)14-30-22-24-23-21(27(22)16-4-5-16)25-10-6-15(2)7-11-25/h9,13,15-16,18H,3-8,10-12,14H2,1-2H3. The van der Waals surface area contributed by atoms with Crippen molar-refractivity contribution in [2.24, 2.45) is 5.92 Å². The summed E-state index contributed by atoms with van der Waals surface area (Å²) in [5.74, 6) is 2.48. The van der Waals surface area contributed by atoms with E-state index in [-0.39, 0.29) is 11.9 Å². The number of anilines is 1. The molecule has 2 aromatic heterocycles. The lowest BCUT2D eigenvalue weighted by Gasteiger charge is -2.35. The Morgan fingerprint density at radius 2 is 2.00 bits per heavy atom. The van der Waals surface area contributed by atoms with Gasteiger partial charge in [0.2, 0.25) is 11.9 Å². The minimum atomic E-state index is 0.223. The molecule has 162 valence electrons. The van der Waals surface area contributed by atoms with Gasteiger partial charge in [0.25, 0.3) is 0 Å². The normalized spacial score (nSPS) is 22.4. The summed E-state index contributed by atoms with van der Waals surface area (Å²) in [4.78, 5) is 19.1. The highest BCUT2D eigenvalue weighted by Gasteiger charge is 2.34. The molecule has 0 bridgehead atoms. The minimum absolute atomic E-state index is 0.223. The number of amides is 1. The quantitative estimate of drug-likeness (QED) is 0.611. The number of thioether (sulfide) groups is 1. The van der Waals surface area contributed by atoms with E-state index in [1.54, 1.807) is 11.8 Å². The molecule has 8 heteroatoms. The molecule has 3 aliphatic rings. The molecule has 0 radical (unpaired) electrons. The number of hydrogen-bond donors (Lipinski definition) is 0. The first-order valence-electron chi connectivity index (χ1n) is 11.3. The van der Waals surface area contributed by atoms with Crippen LogP contribution in [-0.4, -0.2) is 51.0 Å². The zero-order valence-electron chi connectivity index (χ0n) is 17.9.